The van der Waals surface area contributed by atoms with Crippen LogP contribution < -0.4 is 5.73 Å². The van der Waals surface area contributed by atoms with Gasteiger partial charge in [-0.25, -0.2) is 0 Å². The van der Waals surface area contributed by atoms with Crippen LogP contribution in [-0.2, 0) is 13.1 Å². The highest BCUT2D eigenvalue weighted by molar-refractivity contribution is 6.40. The van der Waals surface area contributed by atoms with E-state index in [4.69, 9.17) is 15.8 Å². The van der Waals surface area contributed by atoms with Gasteiger partial charge in [0, 0.05) is 19.1 Å². The van der Waals surface area contributed by atoms with E-state index in [0.29, 0.717) is 6.32 Å². The van der Waals surface area contributed by atoms with E-state index in [1.54, 1.807) is 0 Å². The van der Waals surface area contributed by atoms with Crippen molar-refractivity contribution in [2.45, 2.75) is 57.6 Å². The van der Waals surface area contributed by atoms with Crippen molar-refractivity contribution < 1.29 is 10.0 Å². The number of fused-ring (bicyclic) bond motifs is 1. The third-order valence-corrected chi connectivity index (χ3v) is 4.24. The Hall–Kier alpha value is -0.875. The first-order chi connectivity index (χ1) is 10.1. The summed E-state index contributed by atoms with van der Waals surface area (Å²) in [5, 5.41) is 17.5. The summed E-state index contributed by atoms with van der Waals surface area (Å²) in [6, 6.07) is 8.90. The van der Waals surface area contributed by atoms with Crippen molar-refractivity contribution in [1.82, 2.24) is 4.90 Å². The van der Waals surface area contributed by atoms with Gasteiger partial charge < -0.3 is 15.8 Å². The molecule has 1 atom stereocenters. The van der Waals surface area contributed by atoms with Gasteiger partial charge in [0.1, 0.15) is 0 Å². The summed E-state index contributed by atoms with van der Waals surface area (Å²) in [6.45, 7) is 3.25. The minimum Gasteiger partial charge on any atom is -0.427 e. The van der Waals surface area contributed by atoms with Crippen molar-refractivity contribution in [3.05, 3.63) is 35.4 Å². The summed E-state index contributed by atoms with van der Waals surface area (Å²) in [6.07, 6.45) is 5.44. The molecule has 0 aliphatic carbocycles. The molecule has 0 amide bonds. The number of nitrogens with two attached hydrogens (primary N) is 1. The summed E-state index contributed by atoms with van der Waals surface area (Å²) in [7, 11) is -1.17. The molecule has 0 saturated carbocycles. The Morgan fingerprint density at radius 3 is 2.29 bits per heavy atom. The van der Waals surface area contributed by atoms with Gasteiger partial charge in [-0.1, -0.05) is 37.1 Å². The van der Waals surface area contributed by atoms with E-state index in [9.17, 15) is 0 Å². The number of benzene rings is 1. The molecule has 1 aliphatic heterocycles. The van der Waals surface area contributed by atoms with E-state index >= 15 is 0 Å². The molecule has 1 unspecified atom stereocenters. The highest BCUT2D eigenvalue weighted by atomic mass is 16.4. The molecule has 0 fully saturated rings. The molecule has 4 N–H and O–H groups in total. The molecule has 4 nitrogen and oxygen atoms in total. The lowest BCUT2D eigenvalue weighted by atomic mass is 9.83. The van der Waals surface area contributed by atoms with Gasteiger partial charge in [0.25, 0.3) is 0 Å². The lowest BCUT2D eigenvalue weighted by Gasteiger charge is -2.16. The molecule has 116 valence electrons. The number of unbranched alkanes of at least 4 members (excludes halogenated alkanes) is 1. The van der Waals surface area contributed by atoms with Crippen molar-refractivity contribution >= 4 is 7.12 Å². The predicted octanol–water partition coefficient (Wildman–Crippen LogP) is 1.75. The van der Waals surface area contributed by atoms with E-state index in [1.807, 2.05) is 0 Å². The number of nitrogens with zero attached hydrogens (tertiary/aromatic N) is 1. The second-order valence-corrected chi connectivity index (χ2v) is 6.15. The fraction of sp³-hybridized carbons (Fsp3) is 0.625. The molecular formula is C16H27BN2O2. The van der Waals surface area contributed by atoms with Crippen LogP contribution >= 0.6 is 0 Å². The minimum absolute atomic E-state index is 0.241. The first-order valence-electron chi connectivity index (χ1n) is 8.06. The van der Waals surface area contributed by atoms with Crippen LogP contribution in [0.2, 0.25) is 6.32 Å². The van der Waals surface area contributed by atoms with Crippen LogP contribution in [0.1, 0.15) is 43.2 Å². The van der Waals surface area contributed by atoms with Gasteiger partial charge in [-0.3, -0.25) is 4.90 Å². The van der Waals surface area contributed by atoms with Crippen LogP contribution in [0.3, 0.4) is 0 Å². The highest BCUT2D eigenvalue weighted by Crippen LogP contribution is 2.22. The summed E-state index contributed by atoms with van der Waals surface area (Å²) >= 11 is 0. The number of rotatable bonds is 9. The lowest BCUT2D eigenvalue weighted by molar-refractivity contribution is 0.273. The average molecular weight is 290 g/mol. The molecule has 0 spiro atoms. The molecule has 1 heterocycles. The van der Waals surface area contributed by atoms with Crippen LogP contribution in [0.4, 0.5) is 0 Å². The Morgan fingerprint density at radius 1 is 1.05 bits per heavy atom. The van der Waals surface area contributed by atoms with Gasteiger partial charge in [-0.2, -0.15) is 0 Å². The summed E-state index contributed by atoms with van der Waals surface area (Å²) in [5.41, 5.74) is 9.04. The van der Waals surface area contributed by atoms with Crippen LogP contribution in [0, 0.1) is 0 Å². The molecule has 0 radical (unpaired) electrons. The first-order valence-corrected chi connectivity index (χ1v) is 8.06. The summed E-state index contributed by atoms with van der Waals surface area (Å²) in [4.78, 5) is 2.49. The van der Waals surface area contributed by atoms with Crippen LogP contribution in [-0.4, -0.2) is 34.7 Å². The zero-order valence-electron chi connectivity index (χ0n) is 12.7. The van der Waals surface area contributed by atoms with Gasteiger partial charge in [0.2, 0.25) is 0 Å². The SMILES string of the molecule is NC(CCCCB(O)O)CCCN1Cc2ccccc2C1. The maximum atomic E-state index is 8.77. The molecule has 0 bridgehead atoms. The maximum absolute atomic E-state index is 8.77. The fourth-order valence-corrected chi connectivity index (χ4v) is 3.02. The topological polar surface area (TPSA) is 69.7 Å². The molecule has 0 aromatic heterocycles. The van der Waals surface area contributed by atoms with E-state index < -0.39 is 7.12 Å². The highest BCUT2D eigenvalue weighted by Gasteiger charge is 2.17. The third kappa shape index (κ3) is 5.79. The zero-order chi connectivity index (χ0) is 15.1. The molecule has 1 aromatic rings. The van der Waals surface area contributed by atoms with Crippen LogP contribution in [0.15, 0.2) is 24.3 Å². The van der Waals surface area contributed by atoms with Crippen LogP contribution in [0.25, 0.3) is 0 Å². The molecule has 21 heavy (non-hydrogen) atoms. The van der Waals surface area contributed by atoms with Gasteiger partial charge in [0.15, 0.2) is 0 Å². The Kier molecular flexibility index (Phi) is 6.71. The van der Waals surface area contributed by atoms with E-state index in [0.717, 1.165) is 51.7 Å². The van der Waals surface area contributed by atoms with E-state index in [2.05, 4.69) is 29.2 Å². The quantitative estimate of drug-likeness (QED) is 0.479. The number of hydrogen-bond acceptors (Lipinski definition) is 4. The van der Waals surface area contributed by atoms with Crippen molar-refractivity contribution in [2.24, 2.45) is 5.73 Å². The molecule has 2 rings (SSSR count). The number of hydrogen-bond donors (Lipinski definition) is 3. The Labute approximate surface area is 128 Å². The Balaban J connectivity index is 1.54. The molecule has 0 saturated heterocycles. The Bertz CT molecular complexity index is 403. The Morgan fingerprint density at radius 2 is 1.67 bits per heavy atom. The van der Waals surface area contributed by atoms with Gasteiger partial charge in [0.05, 0.1) is 0 Å². The molecule has 5 heteroatoms. The van der Waals surface area contributed by atoms with Crippen molar-refractivity contribution in [3.63, 3.8) is 0 Å². The maximum Gasteiger partial charge on any atom is 0.451 e. The van der Waals surface area contributed by atoms with E-state index in [-0.39, 0.29) is 6.04 Å². The molecule has 1 aliphatic rings. The van der Waals surface area contributed by atoms with Crippen LogP contribution in [0.5, 0.6) is 0 Å². The van der Waals surface area contributed by atoms with Crippen molar-refractivity contribution in [1.29, 1.82) is 0 Å². The monoisotopic (exact) mass is 290 g/mol. The molecule has 1 aromatic carbocycles. The fourth-order valence-electron chi connectivity index (χ4n) is 3.02. The largest absolute Gasteiger partial charge is 0.451 e. The molecular weight excluding hydrogens is 263 g/mol. The van der Waals surface area contributed by atoms with Gasteiger partial charge in [-0.05, 0) is 43.3 Å². The van der Waals surface area contributed by atoms with E-state index in [1.165, 1.54) is 11.1 Å². The smallest absolute Gasteiger partial charge is 0.427 e. The van der Waals surface area contributed by atoms with Crippen molar-refractivity contribution in [2.75, 3.05) is 6.54 Å². The van der Waals surface area contributed by atoms with Gasteiger partial charge >= 0.3 is 7.12 Å². The summed E-state index contributed by atoms with van der Waals surface area (Å²) < 4.78 is 0. The van der Waals surface area contributed by atoms with Crippen molar-refractivity contribution in [3.8, 4) is 0 Å². The van der Waals surface area contributed by atoms with Gasteiger partial charge in [-0.15, -0.1) is 0 Å². The lowest BCUT2D eigenvalue weighted by Crippen LogP contribution is -2.23. The normalized spacial score (nSPS) is 16.0. The first kappa shape index (κ1) is 16.5. The predicted molar refractivity (Wildman–Crippen MR) is 86.6 cm³/mol. The minimum atomic E-state index is -1.17. The standard InChI is InChI=1S/C16H27BN2O2/c18-16(8-3-4-10-17(20)21)9-5-11-19-12-14-6-1-2-7-15(14)13-19/h1-2,6-7,16,20-21H,3-5,8-13,18H2. The third-order valence-electron chi connectivity index (χ3n) is 4.24. The average Bonchev–Trinajstić information content (AvgIpc) is 2.86. The summed E-state index contributed by atoms with van der Waals surface area (Å²) in [5.74, 6) is 0. The zero-order valence-corrected chi connectivity index (χ0v) is 12.7. The second kappa shape index (κ2) is 8.54. The second-order valence-electron chi connectivity index (χ2n) is 6.15.